The Bertz CT molecular complexity index is 906. The van der Waals surface area contributed by atoms with Crippen molar-refractivity contribution in [2.45, 2.75) is 13.5 Å². The maximum atomic E-state index is 9.05. The number of rotatable bonds is 7. The van der Waals surface area contributed by atoms with Crippen molar-refractivity contribution >= 4 is 5.82 Å². The Labute approximate surface area is 151 Å². The number of hydrogen-bond donors (Lipinski definition) is 1. The van der Waals surface area contributed by atoms with E-state index in [0.29, 0.717) is 30.6 Å². The molecule has 0 fully saturated rings. The zero-order valence-electron chi connectivity index (χ0n) is 14.2. The largest absolute Gasteiger partial charge is 0.494 e. The molecule has 3 aromatic rings. The highest BCUT2D eigenvalue weighted by Crippen LogP contribution is 2.23. The first-order chi connectivity index (χ1) is 12.8. The lowest BCUT2D eigenvalue weighted by molar-refractivity contribution is 0.339. The van der Waals surface area contributed by atoms with Gasteiger partial charge in [0.1, 0.15) is 17.6 Å². The molecule has 1 aromatic carbocycles. The molecule has 0 radical (unpaired) electrons. The Kier molecular flexibility index (Phi) is 5.58. The monoisotopic (exact) mass is 347 g/mol. The third-order valence-electron chi connectivity index (χ3n) is 3.42. The fraction of sp³-hybridized carbons (Fsp3) is 0.158. The third kappa shape index (κ3) is 4.45. The molecule has 2 heterocycles. The Morgan fingerprint density at radius 1 is 1.00 bits per heavy atom. The predicted molar refractivity (Wildman–Crippen MR) is 96.0 cm³/mol. The molecular weight excluding hydrogens is 330 g/mol. The molecule has 3 rings (SSSR count). The van der Waals surface area contributed by atoms with Crippen LogP contribution >= 0.6 is 0 Å². The zero-order chi connectivity index (χ0) is 18.2. The number of ether oxygens (including phenoxy) is 2. The van der Waals surface area contributed by atoms with Crippen molar-refractivity contribution in [3.8, 4) is 23.4 Å². The van der Waals surface area contributed by atoms with Crippen LogP contribution in [0.25, 0.3) is 0 Å². The van der Waals surface area contributed by atoms with E-state index in [9.17, 15) is 0 Å². The van der Waals surface area contributed by atoms with Crippen molar-refractivity contribution in [2.75, 3.05) is 11.9 Å². The third-order valence-corrected chi connectivity index (χ3v) is 3.42. The SMILES string of the molecule is CCOc1ccc(Oc2cc(CNc3nccnc3C#N)ccn2)cc1. The standard InChI is InChI=1S/C19H17N5O2/c1-2-25-15-3-5-16(6-4-15)26-18-11-14(7-8-22-18)13-24-19-17(12-20)21-9-10-23-19/h3-11H,2,13H2,1H3,(H,23,24). The second kappa shape index (κ2) is 8.44. The summed E-state index contributed by atoms with van der Waals surface area (Å²) in [4.78, 5) is 12.3. The van der Waals surface area contributed by atoms with Crippen LogP contribution in [0.5, 0.6) is 17.4 Å². The van der Waals surface area contributed by atoms with Gasteiger partial charge in [0.25, 0.3) is 0 Å². The van der Waals surface area contributed by atoms with Crippen LogP contribution in [0.15, 0.2) is 55.0 Å². The normalized spacial score (nSPS) is 10.0. The Balaban J connectivity index is 1.65. The molecule has 0 aliphatic heterocycles. The number of aromatic nitrogens is 3. The number of benzene rings is 1. The maximum Gasteiger partial charge on any atom is 0.219 e. The summed E-state index contributed by atoms with van der Waals surface area (Å²) in [6.45, 7) is 3.03. The lowest BCUT2D eigenvalue weighted by Gasteiger charge is -2.09. The molecule has 0 atom stereocenters. The minimum atomic E-state index is 0.257. The van der Waals surface area contributed by atoms with Crippen LogP contribution < -0.4 is 14.8 Å². The molecule has 0 saturated heterocycles. The molecule has 0 unspecified atom stereocenters. The number of pyridine rings is 1. The molecule has 0 aliphatic rings. The van der Waals surface area contributed by atoms with E-state index in [1.54, 1.807) is 6.20 Å². The van der Waals surface area contributed by atoms with Crippen LogP contribution in [-0.4, -0.2) is 21.6 Å². The zero-order valence-corrected chi connectivity index (χ0v) is 14.2. The fourth-order valence-corrected chi connectivity index (χ4v) is 2.24. The van der Waals surface area contributed by atoms with Gasteiger partial charge in [-0.25, -0.2) is 15.0 Å². The van der Waals surface area contributed by atoms with Crippen LogP contribution in [0.1, 0.15) is 18.2 Å². The summed E-state index contributed by atoms with van der Waals surface area (Å²) in [5, 5.41) is 12.1. The van der Waals surface area contributed by atoms with Crippen LogP contribution in [0, 0.1) is 11.3 Å². The van der Waals surface area contributed by atoms with Crippen LogP contribution in [0.4, 0.5) is 5.82 Å². The quantitative estimate of drug-likeness (QED) is 0.698. The summed E-state index contributed by atoms with van der Waals surface area (Å²) in [6.07, 6.45) is 4.69. The Morgan fingerprint density at radius 3 is 2.54 bits per heavy atom. The van der Waals surface area contributed by atoms with Crippen molar-refractivity contribution in [1.82, 2.24) is 15.0 Å². The van der Waals surface area contributed by atoms with Gasteiger partial charge in [0, 0.05) is 31.2 Å². The van der Waals surface area contributed by atoms with Gasteiger partial charge in [0.2, 0.25) is 5.88 Å². The van der Waals surface area contributed by atoms with Crippen molar-refractivity contribution in [1.29, 1.82) is 5.26 Å². The van der Waals surface area contributed by atoms with E-state index in [0.717, 1.165) is 11.3 Å². The Hall–Kier alpha value is -3.66. The second-order valence-electron chi connectivity index (χ2n) is 5.23. The van der Waals surface area contributed by atoms with Gasteiger partial charge in [-0.3, -0.25) is 0 Å². The molecule has 130 valence electrons. The van der Waals surface area contributed by atoms with Crippen LogP contribution in [-0.2, 0) is 6.54 Å². The molecule has 0 amide bonds. The number of nitrogens with zero attached hydrogens (tertiary/aromatic N) is 4. The highest BCUT2D eigenvalue weighted by Gasteiger charge is 2.05. The van der Waals surface area contributed by atoms with Crippen molar-refractivity contribution < 1.29 is 9.47 Å². The van der Waals surface area contributed by atoms with Crippen LogP contribution in [0.2, 0.25) is 0 Å². The Morgan fingerprint density at radius 2 is 1.77 bits per heavy atom. The minimum absolute atomic E-state index is 0.257. The van der Waals surface area contributed by atoms with Gasteiger partial charge in [-0.2, -0.15) is 5.26 Å². The molecule has 1 N–H and O–H groups in total. The van der Waals surface area contributed by atoms with E-state index in [-0.39, 0.29) is 5.69 Å². The number of anilines is 1. The molecule has 0 aliphatic carbocycles. The topological polar surface area (TPSA) is 93.0 Å². The summed E-state index contributed by atoms with van der Waals surface area (Å²) >= 11 is 0. The number of nitriles is 1. The summed E-state index contributed by atoms with van der Waals surface area (Å²) in [5.74, 6) is 2.39. The minimum Gasteiger partial charge on any atom is -0.494 e. The first kappa shape index (κ1) is 17.2. The first-order valence-electron chi connectivity index (χ1n) is 8.09. The van der Waals surface area contributed by atoms with E-state index in [4.69, 9.17) is 14.7 Å². The summed E-state index contributed by atoms with van der Waals surface area (Å²) in [6, 6.07) is 13.1. The lowest BCUT2D eigenvalue weighted by Crippen LogP contribution is -2.04. The molecule has 7 heteroatoms. The molecule has 0 bridgehead atoms. The molecule has 2 aromatic heterocycles. The second-order valence-corrected chi connectivity index (χ2v) is 5.23. The number of hydrogen-bond acceptors (Lipinski definition) is 7. The van der Waals surface area contributed by atoms with Gasteiger partial charge < -0.3 is 14.8 Å². The molecule has 0 saturated carbocycles. The smallest absolute Gasteiger partial charge is 0.219 e. The molecular formula is C19H17N5O2. The summed E-state index contributed by atoms with van der Waals surface area (Å²) < 4.78 is 11.2. The molecule has 0 spiro atoms. The summed E-state index contributed by atoms with van der Waals surface area (Å²) in [5.41, 5.74) is 1.20. The van der Waals surface area contributed by atoms with E-state index < -0.39 is 0 Å². The van der Waals surface area contributed by atoms with E-state index in [1.807, 2.05) is 49.4 Å². The highest BCUT2D eigenvalue weighted by molar-refractivity contribution is 5.47. The first-order valence-corrected chi connectivity index (χ1v) is 8.09. The summed E-state index contributed by atoms with van der Waals surface area (Å²) in [7, 11) is 0. The average Bonchev–Trinajstić information content (AvgIpc) is 2.69. The van der Waals surface area contributed by atoms with E-state index in [2.05, 4.69) is 20.3 Å². The van der Waals surface area contributed by atoms with Crippen molar-refractivity contribution in [3.63, 3.8) is 0 Å². The van der Waals surface area contributed by atoms with Gasteiger partial charge in [0.15, 0.2) is 11.5 Å². The fourth-order valence-electron chi connectivity index (χ4n) is 2.24. The van der Waals surface area contributed by atoms with Gasteiger partial charge >= 0.3 is 0 Å². The van der Waals surface area contributed by atoms with E-state index in [1.165, 1.54) is 12.4 Å². The number of nitrogens with one attached hydrogen (secondary N) is 1. The predicted octanol–water partition coefficient (Wildman–Crippen LogP) is 3.55. The average molecular weight is 347 g/mol. The highest BCUT2D eigenvalue weighted by atomic mass is 16.5. The molecule has 26 heavy (non-hydrogen) atoms. The van der Waals surface area contributed by atoms with Gasteiger partial charge in [-0.1, -0.05) is 0 Å². The van der Waals surface area contributed by atoms with E-state index >= 15 is 0 Å². The van der Waals surface area contributed by atoms with Crippen LogP contribution in [0.3, 0.4) is 0 Å². The van der Waals surface area contributed by atoms with Gasteiger partial charge in [-0.05, 0) is 42.8 Å². The maximum absolute atomic E-state index is 9.05. The van der Waals surface area contributed by atoms with Gasteiger partial charge in [-0.15, -0.1) is 0 Å². The molecule has 7 nitrogen and oxygen atoms in total. The van der Waals surface area contributed by atoms with Crippen molar-refractivity contribution in [2.24, 2.45) is 0 Å². The van der Waals surface area contributed by atoms with Gasteiger partial charge in [0.05, 0.1) is 6.61 Å². The lowest BCUT2D eigenvalue weighted by atomic mass is 10.2. The van der Waals surface area contributed by atoms with Crippen molar-refractivity contribution in [3.05, 3.63) is 66.2 Å².